The minimum absolute atomic E-state index is 0.0867. The van der Waals surface area contributed by atoms with Crippen molar-refractivity contribution in [3.63, 3.8) is 0 Å². The zero-order chi connectivity index (χ0) is 15.8. The molecule has 1 aromatic carbocycles. The van der Waals surface area contributed by atoms with Gasteiger partial charge in [-0.25, -0.2) is 0 Å². The molecule has 21 heavy (non-hydrogen) atoms. The number of carbonyl (C=O) groups excluding carboxylic acids is 1. The lowest BCUT2D eigenvalue weighted by atomic mass is 10.2. The fourth-order valence-corrected chi connectivity index (χ4v) is 2.23. The SMILES string of the molecule is CC(C)N(CCCO)CCC(=O)Nc1ccc(N)cc1Cl. The van der Waals surface area contributed by atoms with E-state index in [4.69, 9.17) is 22.4 Å². The molecule has 5 nitrogen and oxygen atoms in total. The Labute approximate surface area is 131 Å². The lowest BCUT2D eigenvalue weighted by Gasteiger charge is -2.25. The van der Waals surface area contributed by atoms with Crippen molar-refractivity contribution in [3.05, 3.63) is 23.2 Å². The molecule has 0 aliphatic rings. The van der Waals surface area contributed by atoms with Gasteiger partial charge in [0.05, 0.1) is 10.7 Å². The van der Waals surface area contributed by atoms with Crippen molar-refractivity contribution in [1.29, 1.82) is 0 Å². The highest BCUT2D eigenvalue weighted by Gasteiger charge is 2.12. The summed E-state index contributed by atoms with van der Waals surface area (Å²) in [5.41, 5.74) is 6.75. The van der Waals surface area contributed by atoms with E-state index in [1.165, 1.54) is 0 Å². The van der Waals surface area contributed by atoms with Crippen LogP contribution in [0.1, 0.15) is 26.7 Å². The summed E-state index contributed by atoms with van der Waals surface area (Å²) in [6.07, 6.45) is 1.09. The molecule has 0 bridgehead atoms. The molecule has 4 N–H and O–H groups in total. The van der Waals surface area contributed by atoms with E-state index in [-0.39, 0.29) is 12.5 Å². The Morgan fingerprint density at radius 2 is 2.14 bits per heavy atom. The van der Waals surface area contributed by atoms with E-state index >= 15 is 0 Å². The van der Waals surface area contributed by atoms with Crippen LogP contribution in [0.4, 0.5) is 11.4 Å². The number of amides is 1. The van der Waals surface area contributed by atoms with Crippen molar-refractivity contribution in [2.24, 2.45) is 0 Å². The minimum Gasteiger partial charge on any atom is -0.399 e. The highest BCUT2D eigenvalue weighted by molar-refractivity contribution is 6.34. The van der Waals surface area contributed by atoms with Crippen LogP contribution in [0.25, 0.3) is 0 Å². The number of nitrogens with zero attached hydrogens (tertiary/aromatic N) is 1. The topological polar surface area (TPSA) is 78.6 Å². The number of aliphatic hydroxyl groups excluding tert-OH is 1. The molecule has 0 unspecified atom stereocenters. The van der Waals surface area contributed by atoms with Gasteiger partial charge in [0.2, 0.25) is 5.91 Å². The first-order valence-corrected chi connectivity index (χ1v) is 7.51. The number of nitrogen functional groups attached to an aromatic ring is 1. The van der Waals surface area contributed by atoms with E-state index in [1.54, 1.807) is 18.2 Å². The van der Waals surface area contributed by atoms with Gasteiger partial charge in [0.1, 0.15) is 0 Å². The normalized spacial score (nSPS) is 11.1. The third kappa shape index (κ3) is 6.33. The number of anilines is 2. The predicted octanol–water partition coefficient (Wildman–Crippen LogP) is 2.34. The van der Waals surface area contributed by atoms with Gasteiger partial charge in [0.15, 0.2) is 0 Å². The maximum atomic E-state index is 12.0. The van der Waals surface area contributed by atoms with Crippen molar-refractivity contribution >= 4 is 28.9 Å². The van der Waals surface area contributed by atoms with Crippen LogP contribution in [0.2, 0.25) is 5.02 Å². The van der Waals surface area contributed by atoms with E-state index in [0.29, 0.717) is 41.8 Å². The first-order valence-electron chi connectivity index (χ1n) is 7.13. The number of carbonyl (C=O) groups is 1. The van der Waals surface area contributed by atoms with Gasteiger partial charge in [-0.2, -0.15) is 0 Å². The van der Waals surface area contributed by atoms with E-state index in [2.05, 4.69) is 24.1 Å². The Bertz CT molecular complexity index is 466. The largest absolute Gasteiger partial charge is 0.399 e. The Kier molecular flexibility index (Phi) is 7.50. The third-order valence-electron chi connectivity index (χ3n) is 3.23. The highest BCUT2D eigenvalue weighted by Crippen LogP contribution is 2.24. The summed E-state index contributed by atoms with van der Waals surface area (Å²) in [4.78, 5) is 14.1. The zero-order valence-corrected chi connectivity index (χ0v) is 13.4. The Hall–Kier alpha value is -1.30. The number of aliphatic hydroxyl groups is 1. The average Bonchev–Trinajstić information content (AvgIpc) is 2.41. The number of benzene rings is 1. The molecule has 0 radical (unpaired) electrons. The van der Waals surface area contributed by atoms with Crippen molar-refractivity contribution in [3.8, 4) is 0 Å². The highest BCUT2D eigenvalue weighted by atomic mass is 35.5. The van der Waals surface area contributed by atoms with Crippen molar-refractivity contribution < 1.29 is 9.90 Å². The summed E-state index contributed by atoms with van der Waals surface area (Å²) in [6.45, 7) is 5.74. The van der Waals surface area contributed by atoms with Crippen molar-refractivity contribution in [2.75, 3.05) is 30.7 Å². The van der Waals surface area contributed by atoms with Gasteiger partial charge in [0.25, 0.3) is 0 Å². The Morgan fingerprint density at radius 3 is 2.71 bits per heavy atom. The number of hydrogen-bond acceptors (Lipinski definition) is 4. The number of rotatable bonds is 8. The summed E-state index contributed by atoms with van der Waals surface area (Å²) in [5, 5.41) is 12.1. The molecule has 0 aliphatic carbocycles. The summed E-state index contributed by atoms with van der Waals surface area (Å²) >= 11 is 6.02. The van der Waals surface area contributed by atoms with Gasteiger partial charge in [-0.15, -0.1) is 0 Å². The molecule has 0 aromatic heterocycles. The fourth-order valence-electron chi connectivity index (χ4n) is 1.99. The average molecular weight is 314 g/mol. The predicted molar refractivity (Wildman–Crippen MR) is 87.5 cm³/mol. The molecule has 0 spiro atoms. The Balaban J connectivity index is 2.49. The van der Waals surface area contributed by atoms with Crippen LogP contribution >= 0.6 is 11.6 Å². The smallest absolute Gasteiger partial charge is 0.225 e. The second-order valence-electron chi connectivity index (χ2n) is 5.24. The van der Waals surface area contributed by atoms with Crippen molar-refractivity contribution in [1.82, 2.24) is 4.90 Å². The zero-order valence-electron chi connectivity index (χ0n) is 12.6. The lowest BCUT2D eigenvalue weighted by Crippen LogP contribution is -2.35. The summed E-state index contributed by atoms with van der Waals surface area (Å²) in [5.74, 6) is -0.0867. The first-order chi connectivity index (χ1) is 9.93. The molecule has 0 atom stereocenters. The maximum Gasteiger partial charge on any atom is 0.225 e. The lowest BCUT2D eigenvalue weighted by molar-refractivity contribution is -0.116. The molecule has 1 rings (SSSR count). The van der Waals surface area contributed by atoms with Crippen LogP contribution in [-0.2, 0) is 4.79 Å². The summed E-state index contributed by atoms with van der Waals surface area (Å²) in [6, 6.07) is 5.34. The number of halogens is 1. The van der Waals surface area contributed by atoms with Gasteiger partial charge in [-0.1, -0.05) is 11.6 Å². The molecule has 6 heteroatoms. The summed E-state index contributed by atoms with van der Waals surface area (Å²) < 4.78 is 0. The van der Waals surface area contributed by atoms with Gasteiger partial charge in [0, 0.05) is 37.8 Å². The molecule has 0 heterocycles. The van der Waals surface area contributed by atoms with Gasteiger partial charge in [-0.05, 0) is 38.5 Å². The molecule has 1 amide bonds. The number of hydrogen-bond donors (Lipinski definition) is 3. The Morgan fingerprint density at radius 1 is 1.43 bits per heavy atom. The molecule has 0 fully saturated rings. The molecule has 118 valence electrons. The minimum atomic E-state index is -0.0867. The first kappa shape index (κ1) is 17.8. The molecule has 0 saturated heterocycles. The molecular weight excluding hydrogens is 290 g/mol. The van der Waals surface area contributed by atoms with Crippen LogP contribution in [0.3, 0.4) is 0 Å². The van der Waals surface area contributed by atoms with Crippen molar-refractivity contribution in [2.45, 2.75) is 32.7 Å². The molecule has 0 aliphatic heterocycles. The van der Waals surface area contributed by atoms with Gasteiger partial charge >= 0.3 is 0 Å². The van der Waals surface area contributed by atoms with Crippen LogP contribution < -0.4 is 11.1 Å². The second-order valence-corrected chi connectivity index (χ2v) is 5.65. The quantitative estimate of drug-likeness (QED) is 0.644. The van der Waals surface area contributed by atoms with E-state index in [9.17, 15) is 4.79 Å². The fraction of sp³-hybridized carbons (Fsp3) is 0.533. The van der Waals surface area contributed by atoms with Crippen LogP contribution in [0.15, 0.2) is 18.2 Å². The number of nitrogens with one attached hydrogen (secondary N) is 1. The van der Waals surface area contributed by atoms with E-state index in [0.717, 1.165) is 6.54 Å². The van der Waals surface area contributed by atoms with Gasteiger partial charge < -0.3 is 21.1 Å². The third-order valence-corrected chi connectivity index (χ3v) is 3.54. The summed E-state index contributed by atoms with van der Waals surface area (Å²) in [7, 11) is 0. The second kappa shape index (κ2) is 8.87. The molecule has 1 aromatic rings. The standard InChI is InChI=1S/C15H24ClN3O2/c1-11(2)19(7-3-9-20)8-6-15(21)18-14-5-4-12(17)10-13(14)16/h4-5,10-11,20H,3,6-9,17H2,1-2H3,(H,18,21). The van der Waals surface area contributed by atoms with Crippen LogP contribution in [0, 0.1) is 0 Å². The van der Waals surface area contributed by atoms with Gasteiger partial charge in [-0.3, -0.25) is 4.79 Å². The molecule has 0 saturated carbocycles. The number of nitrogens with two attached hydrogens (primary N) is 1. The van der Waals surface area contributed by atoms with E-state index in [1.807, 2.05) is 0 Å². The monoisotopic (exact) mass is 313 g/mol. The molecular formula is C15H24ClN3O2. The maximum absolute atomic E-state index is 12.0. The van der Waals surface area contributed by atoms with E-state index < -0.39 is 0 Å². The van der Waals surface area contributed by atoms with Crippen LogP contribution in [0.5, 0.6) is 0 Å². The van der Waals surface area contributed by atoms with Crippen LogP contribution in [-0.4, -0.2) is 41.7 Å².